The fourth-order valence-corrected chi connectivity index (χ4v) is 13.4. The summed E-state index contributed by atoms with van der Waals surface area (Å²) in [6.07, 6.45) is 13.4. The van der Waals surface area contributed by atoms with Crippen molar-refractivity contribution < 1.29 is 0 Å². The lowest BCUT2D eigenvalue weighted by molar-refractivity contribution is 0.443. The number of nitrogens with zero attached hydrogens (tertiary/aromatic N) is 1. The monoisotopic (exact) mass is 847 g/mol. The average molecular weight is 848 g/mol. The standard InChI is InChI=1S/C62H57NS/c1-40-24-37-58-53(38-40)51-21-12-22-52(61(51)64-58)60-50-19-11-10-18-46(50)31-36-57(60)63(47-32-29-44(30-33-47)43-27-25-42(26-28-43)41-14-6-4-7-15-41)48-34-35-55-54(39-48)59-49(45-16-8-5-9-17-45)20-13-23-56(59)62(55,2)3/h10-13,18-39,41,45H,4-9,14-17H2,1-3H3. The van der Waals surface area contributed by atoms with E-state index >= 15 is 0 Å². The van der Waals surface area contributed by atoms with Crippen LogP contribution in [0.4, 0.5) is 17.1 Å². The third-order valence-corrected chi connectivity index (χ3v) is 16.8. The van der Waals surface area contributed by atoms with Gasteiger partial charge in [0.25, 0.3) is 0 Å². The van der Waals surface area contributed by atoms with Crippen molar-refractivity contribution in [2.75, 3.05) is 4.90 Å². The molecule has 8 aromatic carbocycles. The molecule has 316 valence electrons. The van der Waals surface area contributed by atoms with Crippen molar-refractivity contribution in [2.24, 2.45) is 0 Å². The summed E-state index contributed by atoms with van der Waals surface area (Å²) >= 11 is 1.93. The van der Waals surface area contributed by atoms with E-state index in [2.05, 4.69) is 183 Å². The molecule has 0 saturated heterocycles. The molecule has 1 aromatic heterocycles. The van der Waals surface area contributed by atoms with E-state index in [0.29, 0.717) is 11.8 Å². The number of benzene rings is 8. The number of anilines is 3. The van der Waals surface area contributed by atoms with Gasteiger partial charge in [0.15, 0.2) is 0 Å². The summed E-state index contributed by atoms with van der Waals surface area (Å²) in [6.45, 7) is 7.09. The molecule has 0 unspecified atom stereocenters. The quantitative estimate of drug-likeness (QED) is 0.154. The van der Waals surface area contributed by atoms with Crippen LogP contribution in [0.15, 0.2) is 158 Å². The van der Waals surface area contributed by atoms with Gasteiger partial charge in [-0.15, -0.1) is 11.3 Å². The molecule has 3 aliphatic carbocycles. The second-order valence-electron chi connectivity index (χ2n) is 19.8. The van der Waals surface area contributed by atoms with E-state index in [0.717, 1.165) is 5.69 Å². The minimum Gasteiger partial charge on any atom is -0.310 e. The molecule has 0 atom stereocenters. The number of hydrogen-bond donors (Lipinski definition) is 0. The van der Waals surface area contributed by atoms with Crippen molar-refractivity contribution in [1.82, 2.24) is 0 Å². The maximum atomic E-state index is 2.57. The highest BCUT2D eigenvalue weighted by molar-refractivity contribution is 7.26. The van der Waals surface area contributed by atoms with E-state index in [1.54, 1.807) is 5.56 Å². The minimum atomic E-state index is -0.0732. The van der Waals surface area contributed by atoms with Gasteiger partial charge >= 0.3 is 0 Å². The first-order chi connectivity index (χ1) is 31.4. The van der Waals surface area contributed by atoms with Crippen LogP contribution in [0.3, 0.4) is 0 Å². The van der Waals surface area contributed by atoms with Gasteiger partial charge in [-0.2, -0.15) is 0 Å². The van der Waals surface area contributed by atoms with Crippen LogP contribution in [-0.2, 0) is 5.41 Å². The second-order valence-corrected chi connectivity index (χ2v) is 20.8. The highest BCUT2D eigenvalue weighted by Gasteiger charge is 2.38. The first-order valence-corrected chi connectivity index (χ1v) is 25.0. The minimum absolute atomic E-state index is 0.0732. The molecule has 1 nitrogen and oxygen atoms in total. The molecule has 0 spiro atoms. The van der Waals surface area contributed by atoms with Crippen LogP contribution in [0, 0.1) is 6.92 Å². The molecular formula is C62H57NS. The fourth-order valence-electron chi connectivity index (χ4n) is 12.2. The van der Waals surface area contributed by atoms with Gasteiger partial charge < -0.3 is 4.90 Å². The maximum Gasteiger partial charge on any atom is 0.0547 e. The Hall–Kier alpha value is -5.96. The summed E-state index contributed by atoms with van der Waals surface area (Å²) in [4.78, 5) is 2.57. The second kappa shape index (κ2) is 15.9. The third-order valence-electron chi connectivity index (χ3n) is 15.5. The Bertz CT molecular complexity index is 3210. The van der Waals surface area contributed by atoms with E-state index in [9.17, 15) is 0 Å². The highest BCUT2D eigenvalue weighted by atomic mass is 32.1. The van der Waals surface area contributed by atoms with Crippen molar-refractivity contribution in [3.8, 4) is 33.4 Å². The summed E-state index contributed by atoms with van der Waals surface area (Å²) in [7, 11) is 0. The Morgan fingerprint density at radius 1 is 0.500 bits per heavy atom. The van der Waals surface area contributed by atoms with Gasteiger partial charge in [-0.3, -0.25) is 0 Å². The molecule has 2 saturated carbocycles. The van der Waals surface area contributed by atoms with Crippen LogP contribution in [0.5, 0.6) is 0 Å². The predicted octanol–water partition coefficient (Wildman–Crippen LogP) is 18.7. The van der Waals surface area contributed by atoms with Crippen molar-refractivity contribution in [3.05, 3.63) is 186 Å². The molecule has 0 aliphatic heterocycles. The van der Waals surface area contributed by atoms with Gasteiger partial charge in [-0.1, -0.05) is 173 Å². The molecule has 2 fully saturated rings. The first kappa shape index (κ1) is 39.6. The van der Waals surface area contributed by atoms with Gasteiger partial charge in [0.2, 0.25) is 0 Å². The van der Waals surface area contributed by atoms with E-state index < -0.39 is 0 Å². The van der Waals surface area contributed by atoms with Crippen LogP contribution in [0.1, 0.15) is 118 Å². The lowest BCUT2D eigenvalue weighted by atomic mass is 9.78. The zero-order valence-electron chi connectivity index (χ0n) is 37.6. The molecule has 0 N–H and O–H groups in total. The smallest absolute Gasteiger partial charge is 0.0547 e. The van der Waals surface area contributed by atoms with Crippen LogP contribution in [-0.4, -0.2) is 0 Å². The molecule has 9 aromatic rings. The largest absolute Gasteiger partial charge is 0.310 e. The summed E-state index contributed by atoms with van der Waals surface area (Å²) < 4.78 is 2.68. The zero-order chi connectivity index (χ0) is 42.9. The van der Waals surface area contributed by atoms with Gasteiger partial charge in [0.05, 0.1) is 5.69 Å². The summed E-state index contributed by atoms with van der Waals surface area (Å²) in [5.74, 6) is 1.33. The van der Waals surface area contributed by atoms with Crippen molar-refractivity contribution in [3.63, 3.8) is 0 Å². The lowest BCUT2D eigenvalue weighted by Gasteiger charge is -2.30. The van der Waals surface area contributed by atoms with E-state index in [1.165, 1.54) is 162 Å². The first-order valence-electron chi connectivity index (χ1n) is 24.1. The van der Waals surface area contributed by atoms with Crippen molar-refractivity contribution in [1.29, 1.82) is 0 Å². The Morgan fingerprint density at radius 2 is 1.19 bits per heavy atom. The summed E-state index contributed by atoms with van der Waals surface area (Å²) in [6, 6.07) is 61.2. The Balaban J connectivity index is 1.06. The predicted molar refractivity (Wildman–Crippen MR) is 276 cm³/mol. The molecule has 3 aliphatic rings. The molecule has 1 heterocycles. The average Bonchev–Trinajstić information content (AvgIpc) is 3.83. The van der Waals surface area contributed by atoms with Gasteiger partial charge in [-0.05, 0) is 142 Å². The number of aryl methyl sites for hydroxylation is 1. The topological polar surface area (TPSA) is 3.24 Å². The highest BCUT2D eigenvalue weighted by Crippen LogP contribution is 2.55. The van der Waals surface area contributed by atoms with Gasteiger partial charge in [0.1, 0.15) is 0 Å². The molecule has 2 heteroatoms. The van der Waals surface area contributed by atoms with Crippen LogP contribution < -0.4 is 4.90 Å². The van der Waals surface area contributed by atoms with Crippen LogP contribution in [0.25, 0.3) is 64.3 Å². The molecule has 0 bridgehead atoms. The number of hydrogen-bond acceptors (Lipinski definition) is 2. The molecule has 64 heavy (non-hydrogen) atoms. The lowest BCUT2D eigenvalue weighted by Crippen LogP contribution is -2.16. The zero-order valence-corrected chi connectivity index (χ0v) is 38.4. The normalized spacial score (nSPS) is 16.4. The van der Waals surface area contributed by atoms with Gasteiger partial charge in [-0.25, -0.2) is 0 Å². The Kier molecular flexibility index (Phi) is 9.86. The van der Waals surface area contributed by atoms with Crippen LogP contribution >= 0.6 is 11.3 Å². The number of fused-ring (bicyclic) bond motifs is 7. The SMILES string of the molecule is Cc1ccc2sc3c(-c4c(N(c5ccc(-c6ccc(C7CCCCC7)cc6)cc5)c5ccc6c(c5)-c5c(C7CCCCC7)cccc5C6(C)C)ccc5ccccc45)cccc3c2c1. The summed E-state index contributed by atoms with van der Waals surface area (Å²) in [5.41, 5.74) is 18.8. The van der Waals surface area contributed by atoms with E-state index in [4.69, 9.17) is 0 Å². The Labute approximate surface area is 383 Å². The third kappa shape index (κ3) is 6.63. The molecule has 0 radical (unpaired) electrons. The number of rotatable bonds is 7. The maximum absolute atomic E-state index is 2.57. The van der Waals surface area contributed by atoms with Crippen molar-refractivity contribution >= 4 is 59.3 Å². The molecule has 12 rings (SSSR count). The molecular weight excluding hydrogens is 791 g/mol. The van der Waals surface area contributed by atoms with Crippen molar-refractivity contribution in [2.45, 2.75) is 102 Å². The fraction of sp³-hybridized carbons (Fsp3) is 0.258. The van der Waals surface area contributed by atoms with E-state index in [-0.39, 0.29) is 5.41 Å². The Morgan fingerprint density at radius 3 is 1.97 bits per heavy atom. The summed E-state index contributed by atoms with van der Waals surface area (Å²) in [5, 5.41) is 5.20. The van der Waals surface area contributed by atoms with E-state index in [1.807, 2.05) is 11.3 Å². The molecule has 0 amide bonds. The van der Waals surface area contributed by atoms with Gasteiger partial charge in [0, 0.05) is 48.1 Å². The van der Waals surface area contributed by atoms with Crippen LogP contribution in [0.2, 0.25) is 0 Å². The number of thiophene rings is 1.